The maximum atomic E-state index is 11.4. The van der Waals surface area contributed by atoms with Gasteiger partial charge in [-0.05, 0) is 17.5 Å². The van der Waals surface area contributed by atoms with Crippen molar-refractivity contribution in [1.29, 1.82) is 0 Å². The first-order valence-electron chi connectivity index (χ1n) is 4.24. The van der Waals surface area contributed by atoms with Crippen LogP contribution in [0.15, 0.2) is 40.6 Å². The van der Waals surface area contributed by atoms with Gasteiger partial charge >= 0.3 is 0 Å². The van der Waals surface area contributed by atoms with Crippen LogP contribution in [0.1, 0.15) is 4.88 Å². The SMILES string of the molecule is Nc1ccc(=O)n(Cc2cccs2)c1. The number of nitrogen functional groups attached to an aromatic ring is 1. The van der Waals surface area contributed by atoms with Crippen LogP contribution in [0.5, 0.6) is 0 Å². The molecule has 0 spiro atoms. The second-order valence-electron chi connectivity index (χ2n) is 3.01. The molecule has 0 amide bonds. The minimum Gasteiger partial charge on any atom is -0.398 e. The summed E-state index contributed by atoms with van der Waals surface area (Å²) in [5, 5.41) is 1.99. The van der Waals surface area contributed by atoms with Crippen LogP contribution in [0.2, 0.25) is 0 Å². The average Bonchev–Trinajstić information content (AvgIpc) is 2.64. The Kier molecular flexibility index (Phi) is 2.37. The van der Waals surface area contributed by atoms with Crippen molar-refractivity contribution in [3.63, 3.8) is 0 Å². The lowest BCUT2D eigenvalue weighted by atomic mass is 10.4. The summed E-state index contributed by atoms with van der Waals surface area (Å²) in [7, 11) is 0. The van der Waals surface area contributed by atoms with Crippen molar-refractivity contribution < 1.29 is 0 Å². The molecular weight excluding hydrogens is 196 g/mol. The Morgan fingerprint density at radius 1 is 1.36 bits per heavy atom. The second-order valence-corrected chi connectivity index (χ2v) is 4.04. The first-order chi connectivity index (χ1) is 6.75. The predicted molar refractivity (Wildman–Crippen MR) is 58.5 cm³/mol. The Bertz CT molecular complexity index is 473. The van der Waals surface area contributed by atoms with Crippen molar-refractivity contribution in [3.05, 3.63) is 51.1 Å². The molecule has 3 nitrogen and oxygen atoms in total. The first-order valence-corrected chi connectivity index (χ1v) is 5.12. The molecule has 2 aromatic heterocycles. The van der Waals surface area contributed by atoms with Crippen molar-refractivity contribution in [2.24, 2.45) is 0 Å². The van der Waals surface area contributed by atoms with Gasteiger partial charge < -0.3 is 10.3 Å². The van der Waals surface area contributed by atoms with Crippen LogP contribution in [0.3, 0.4) is 0 Å². The Morgan fingerprint density at radius 3 is 2.93 bits per heavy atom. The smallest absolute Gasteiger partial charge is 0.250 e. The molecule has 2 N–H and O–H groups in total. The average molecular weight is 206 g/mol. The number of nitrogens with zero attached hydrogens (tertiary/aromatic N) is 1. The third-order valence-corrected chi connectivity index (χ3v) is 2.77. The van der Waals surface area contributed by atoms with Gasteiger partial charge in [0.05, 0.1) is 6.54 Å². The van der Waals surface area contributed by atoms with Crippen LogP contribution in [0.4, 0.5) is 5.69 Å². The molecule has 0 saturated carbocycles. The van der Waals surface area contributed by atoms with Crippen molar-refractivity contribution in [2.45, 2.75) is 6.54 Å². The Balaban J connectivity index is 2.33. The number of thiophene rings is 1. The van der Waals surface area contributed by atoms with Crippen LogP contribution in [0.25, 0.3) is 0 Å². The van der Waals surface area contributed by atoms with Crippen LogP contribution in [-0.2, 0) is 6.54 Å². The highest BCUT2D eigenvalue weighted by Gasteiger charge is 1.98. The van der Waals surface area contributed by atoms with Crippen molar-refractivity contribution in [3.8, 4) is 0 Å². The van der Waals surface area contributed by atoms with Crippen LogP contribution in [-0.4, -0.2) is 4.57 Å². The number of anilines is 1. The van der Waals surface area contributed by atoms with Crippen molar-refractivity contribution in [2.75, 3.05) is 5.73 Å². The van der Waals surface area contributed by atoms with Gasteiger partial charge in [-0.1, -0.05) is 6.07 Å². The molecule has 0 fully saturated rings. The highest BCUT2D eigenvalue weighted by Crippen LogP contribution is 2.09. The maximum Gasteiger partial charge on any atom is 0.250 e. The van der Waals surface area contributed by atoms with E-state index in [1.165, 1.54) is 6.07 Å². The molecule has 4 heteroatoms. The summed E-state index contributed by atoms with van der Waals surface area (Å²) < 4.78 is 1.61. The van der Waals surface area contributed by atoms with Gasteiger partial charge in [0.25, 0.3) is 5.56 Å². The quantitative estimate of drug-likeness (QED) is 0.810. The van der Waals surface area contributed by atoms with E-state index in [9.17, 15) is 4.79 Å². The topological polar surface area (TPSA) is 48.0 Å². The number of hydrogen-bond acceptors (Lipinski definition) is 3. The third-order valence-electron chi connectivity index (χ3n) is 1.91. The standard InChI is InChI=1S/C10H10N2OS/c11-8-3-4-10(13)12(6-8)7-9-2-1-5-14-9/h1-6H,7,11H2. The monoisotopic (exact) mass is 206 g/mol. The number of nitrogens with two attached hydrogens (primary N) is 1. The van der Waals surface area contributed by atoms with E-state index < -0.39 is 0 Å². The van der Waals surface area contributed by atoms with E-state index in [-0.39, 0.29) is 5.56 Å². The molecule has 0 radical (unpaired) electrons. The maximum absolute atomic E-state index is 11.4. The van der Waals surface area contributed by atoms with Crippen LogP contribution < -0.4 is 11.3 Å². The molecule has 14 heavy (non-hydrogen) atoms. The van der Waals surface area contributed by atoms with E-state index in [1.807, 2.05) is 17.5 Å². The molecular formula is C10H10N2OS. The highest BCUT2D eigenvalue weighted by molar-refractivity contribution is 7.09. The van der Waals surface area contributed by atoms with Crippen LogP contribution >= 0.6 is 11.3 Å². The summed E-state index contributed by atoms with van der Waals surface area (Å²) in [6.07, 6.45) is 1.67. The van der Waals surface area contributed by atoms with E-state index in [0.29, 0.717) is 12.2 Å². The van der Waals surface area contributed by atoms with Gasteiger partial charge in [0.2, 0.25) is 0 Å². The summed E-state index contributed by atoms with van der Waals surface area (Å²) in [5.41, 5.74) is 6.19. The molecule has 0 aliphatic carbocycles. The fraction of sp³-hybridized carbons (Fsp3) is 0.100. The van der Waals surface area contributed by atoms with Crippen molar-refractivity contribution >= 4 is 17.0 Å². The molecule has 0 aliphatic rings. The Hall–Kier alpha value is -1.55. The molecule has 2 aromatic rings. The second kappa shape index (κ2) is 3.67. The minimum absolute atomic E-state index is 0.0207. The van der Waals surface area contributed by atoms with Gasteiger partial charge in [-0.15, -0.1) is 11.3 Å². The van der Waals surface area contributed by atoms with Gasteiger partial charge in [-0.3, -0.25) is 4.79 Å². The number of rotatable bonds is 2. The summed E-state index contributed by atoms with van der Waals surface area (Å²) in [4.78, 5) is 12.6. The van der Waals surface area contributed by atoms with Crippen LogP contribution in [0, 0.1) is 0 Å². The molecule has 0 bridgehead atoms. The van der Waals surface area contributed by atoms with E-state index in [1.54, 1.807) is 28.2 Å². The normalized spacial score (nSPS) is 10.3. The molecule has 0 saturated heterocycles. The molecule has 72 valence electrons. The van der Waals surface area contributed by atoms with Crippen molar-refractivity contribution in [1.82, 2.24) is 4.57 Å². The Labute approximate surface area is 85.4 Å². The zero-order valence-corrected chi connectivity index (χ0v) is 8.33. The Morgan fingerprint density at radius 2 is 2.21 bits per heavy atom. The molecule has 0 atom stereocenters. The zero-order chi connectivity index (χ0) is 9.97. The van der Waals surface area contributed by atoms with E-state index in [0.717, 1.165) is 4.88 Å². The summed E-state index contributed by atoms with van der Waals surface area (Å²) in [6.45, 7) is 0.599. The number of pyridine rings is 1. The van der Waals surface area contributed by atoms with Gasteiger partial charge in [0.1, 0.15) is 0 Å². The van der Waals surface area contributed by atoms with Gasteiger partial charge in [0.15, 0.2) is 0 Å². The lowest BCUT2D eigenvalue weighted by Gasteiger charge is -2.03. The minimum atomic E-state index is -0.0207. The number of aromatic nitrogens is 1. The molecule has 0 aromatic carbocycles. The fourth-order valence-electron chi connectivity index (χ4n) is 1.24. The predicted octanol–water partition coefficient (Wildman–Crippen LogP) is 1.54. The summed E-state index contributed by atoms with van der Waals surface area (Å²) >= 11 is 1.63. The summed E-state index contributed by atoms with van der Waals surface area (Å²) in [5.74, 6) is 0. The molecule has 0 unspecified atom stereocenters. The van der Waals surface area contributed by atoms with Gasteiger partial charge in [-0.25, -0.2) is 0 Å². The van der Waals surface area contributed by atoms with E-state index in [4.69, 9.17) is 5.73 Å². The largest absolute Gasteiger partial charge is 0.398 e. The van der Waals surface area contributed by atoms with E-state index >= 15 is 0 Å². The number of hydrogen-bond donors (Lipinski definition) is 1. The lowest BCUT2D eigenvalue weighted by molar-refractivity contribution is 0.772. The summed E-state index contributed by atoms with van der Waals surface area (Å²) in [6, 6.07) is 7.08. The fourth-order valence-corrected chi connectivity index (χ4v) is 1.95. The third kappa shape index (κ3) is 1.85. The highest BCUT2D eigenvalue weighted by atomic mass is 32.1. The zero-order valence-electron chi connectivity index (χ0n) is 7.51. The van der Waals surface area contributed by atoms with E-state index in [2.05, 4.69) is 0 Å². The van der Waals surface area contributed by atoms with Gasteiger partial charge in [0, 0.05) is 22.8 Å². The molecule has 2 rings (SSSR count). The van der Waals surface area contributed by atoms with Gasteiger partial charge in [-0.2, -0.15) is 0 Å². The lowest BCUT2D eigenvalue weighted by Crippen LogP contribution is -2.18. The first kappa shape index (κ1) is 9.02. The molecule has 2 heterocycles. The molecule has 0 aliphatic heterocycles.